The SMILES string of the molecule is NC(=NCc1cccc([N+](=O)[O-])c1)NCCc1ccccc1. The Balaban J connectivity index is 1.82. The Morgan fingerprint density at radius 3 is 2.59 bits per heavy atom. The highest BCUT2D eigenvalue weighted by atomic mass is 16.6. The predicted octanol–water partition coefficient (Wildman–Crippen LogP) is 2.24. The average Bonchev–Trinajstić information content (AvgIpc) is 2.54. The Hall–Kier alpha value is -2.89. The summed E-state index contributed by atoms with van der Waals surface area (Å²) >= 11 is 0. The molecular weight excluding hydrogens is 280 g/mol. The van der Waals surface area contributed by atoms with Crippen LogP contribution in [-0.4, -0.2) is 17.4 Å². The molecule has 0 saturated carbocycles. The molecule has 0 radical (unpaired) electrons. The van der Waals surface area contributed by atoms with Gasteiger partial charge >= 0.3 is 0 Å². The molecule has 2 aromatic carbocycles. The maximum Gasteiger partial charge on any atom is 0.269 e. The lowest BCUT2D eigenvalue weighted by molar-refractivity contribution is -0.384. The number of aliphatic imine (C=N–C) groups is 1. The predicted molar refractivity (Wildman–Crippen MR) is 86.6 cm³/mol. The fraction of sp³-hybridized carbons (Fsp3) is 0.188. The van der Waals surface area contributed by atoms with E-state index >= 15 is 0 Å². The van der Waals surface area contributed by atoms with E-state index in [1.807, 2.05) is 18.2 Å². The van der Waals surface area contributed by atoms with Crippen LogP contribution in [0.4, 0.5) is 5.69 Å². The Morgan fingerprint density at radius 1 is 1.14 bits per heavy atom. The summed E-state index contributed by atoms with van der Waals surface area (Å²) in [6, 6.07) is 16.5. The largest absolute Gasteiger partial charge is 0.370 e. The van der Waals surface area contributed by atoms with Crippen molar-refractivity contribution in [1.82, 2.24) is 5.32 Å². The number of non-ortho nitro benzene ring substituents is 1. The number of nitrogens with zero attached hydrogens (tertiary/aromatic N) is 2. The maximum atomic E-state index is 10.7. The fourth-order valence-corrected chi connectivity index (χ4v) is 1.98. The molecule has 114 valence electrons. The molecule has 22 heavy (non-hydrogen) atoms. The van der Waals surface area contributed by atoms with Crippen molar-refractivity contribution in [3.05, 3.63) is 75.8 Å². The van der Waals surface area contributed by atoms with Crippen LogP contribution in [0.3, 0.4) is 0 Å². The highest BCUT2D eigenvalue weighted by molar-refractivity contribution is 5.77. The van der Waals surface area contributed by atoms with Crippen LogP contribution in [0.15, 0.2) is 59.6 Å². The summed E-state index contributed by atoms with van der Waals surface area (Å²) in [7, 11) is 0. The topological polar surface area (TPSA) is 93.5 Å². The molecule has 2 rings (SSSR count). The molecule has 0 fully saturated rings. The van der Waals surface area contributed by atoms with Gasteiger partial charge in [0.25, 0.3) is 5.69 Å². The lowest BCUT2D eigenvalue weighted by Crippen LogP contribution is -2.33. The third kappa shape index (κ3) is 4.90. The molecule has 2 aromatic rings. The number of hydrogen-bond donors (Lipinski definition) is 2. The van der Waals surface area contributed by atoms with E-state index in [2.05, 4.69) is 22.4 Å². The van der Waals surface area contributed by atoms with Crippen molar-refractivity contribution in [2.24, 2.45) is 10.7 Å². The van der Waals surface area contributed by atoms with E-state index in [4.69, 9.17) is 5.73 Å². The second kappa shape index (κ2) is 7.78. The van der Waals surface area contributed by atoms with E-state index in [0.717, 1.165) is 12.0 Å². The lowest BCUT2D eigenvalue weighted by atomic mass is 10.1. The normalized spacial score (nSPS) is 11.2. The van der Waals surface area contributed by atoms with Crippen LogP contribution in [0.5, 0.6) is 0 Å². The van der Waals surface area contributed by atoms with Gasteiger partial charge < -0.3 is 11.1 Å². The van der Waals surface area contributed by atoms with Gasteiger partial charge in [-0.3, -0.25) is 10.1 Å². The molecule has 0 aromatic heterocycles. The van der Waals surface area contributed by atoms with Crippen LogP contribution >= 0.6 is 0 Å². The van der Waals surface area contributed by atoms with Crippen molar-refractivity contribution < 1.29 is 4.92 Å². The van der Waals surface area contributed by atoms with Crippen molar-refractivity contribution in [1.29, 1.82) is 0 Å². The molecule has 0 spiro atoms. The molecule has 0 aliphatic rings. The Morgan fingerprint density at radius 2 is 1.86 bits per heavy atom. The summed E-state index contributed by atoms with van der Waals surface area (Å²) in [6.45, 7) is 1.00. The minimum atomic E-state index is -0.422. The summed E-state index contributed by atoms with van der Waals surface area (Å²) in [4.78, 5) is 14.5. The number of nitrogens with one attached hydrogen (secondary N) is 1. The van der Waals surface area contributed by atoms with Crippen LogP contribution < -0.4 is 11.1 Å². The van der Waals surface area contributed by atoms with E-state index in [9.17, 15) is 10.1 Å². The first-order valence-electron chi connectivity index (χ1n) is 6.96. The molecule has 6 heteroatoms. The highest BCUT2D eigenvalue weighted by Gasteiger charge is 2.05. The fourth-order valence-electron chi connectivity index (χ4n) is 1.98. The minimum absolute atomic E-state index is 0.0586. The Labute approximate surface area is 128 Å². The summed E-state index contributed by atoms with van der Waals surface area (Å²) in [5.74, 6) is 0.336. The van der Waals surface area contributed by atoms with Crippen molar-refractivity contribution in [3.63, 3.8) is 0 Å². The summed E-state index contributed by atoms with van der Waals surface area (Å²) in [6.07, 6.45) is 0.855. The number of hydrogen-bond acceptors (Lipinski definition) is 3. The van der Waals surface area contributed by atoms with Crippen molar-refractivity contribution in [2.75, 3.05) is 6.54 Å². The Kier molecular flexibility index (Phi) is 5.48. The number of nitro benzene ring substituents is 1. The number of nitro groups is 1. The van der Waals surface area contributed by atoms with Crippen molar-refractivity contribution >= 4 is 11.6 Å². The monoisotopic (exact) mass is 298 g/mol. The molecule has 0 heterocycles. The lowest BCUT2D eigenvalue weighted by Gasteiger charge is -2.06. The Bertz CT molecular complexity index is 656. The number of benzene rings is 2. The van der Waals surface area contributed by atoms with Gasteiger partial charge in [0.1, 0.15) is 0 Å². The smallest absolute Gasteiger partial charge is 0.269 e. The summed E-state index contributed by atoms with van der Waals surface area (Å²) < 4.78 is 0. The van der Waals surface area contributed by atoms with Crippen LogP contribution in [0.1, 0.15) is 11.1 Å². The summed E-state index contributed by atoms with van der Waals surface area (Å²) in [5, 5.41) is 13.7. The molecule has 3 N–H and O–H groups in total. The molecule has 0 atom stereocenters. The third-order valence-electron chi connectivity index (χ3n) is 3.12. The minimum Gasteiger partial charge on any atom is -0.370 e. The molecule has 0 unspecified atom stereocenters. The molecule has 0 bridgehead atoms. The van der Waals surface area contributed by atoms with E-state index in [1.54, 1.807) is 12.1 Å². The zero-order chi connectivity index (χ0) is 15.8. The van der Waals surface area contributed by atoms with Crippen molar-refractivity contribution in [3.8, 4) is 0 Å². The molecule has 0 saturated heterocycles. The van der Waals surface area contributed by atoms with E-state index in [-0.39, 0.29) is 5.69 Å². The van der Waals surface area contributed by atoms with Crippen LogP contribution in [0.25, 0.3) is 0 Å². The molecule has 0 aliphatic heterocycles. The van der Waals surface area contributed by atoms with Crippen molar-refractivity contribution in [2.45, 2.75) is 13.0 Å². The molecule has 0 aliphatic carbocycles. The van der Waals surface area contributed by atoms with Gasteiger partial charge in [-0.05, 0) is 17.5 Å². The number of rotatable bonds is 6. The van der Waals surface area contributed by atoms with Gasteiger partial charge in [0.15, 0.2) is 5.96 Å². The molecule has 0 amide bonds. The van der Waals surface area contributed by atoms with Crippen LogP contribution in [-0.2, 0) is 13.0 Å². The summed E-state index contributed by atoms with van der Waals surface area (Å²) in [5.41, 5.74) is 7.82. The average molecular weight is 298 g/mol. The zero-order valence-electron chi connectivity index (χ0n) is 12.1. The van der Waals surface area contributed by atoms with Crippen LogP contribution in [0, 0.1) is 10.1 Å². The highest BCUT2D eigenvalue weighted by Crippen LogP contribution is 2.13. The van der Waals surface area contributed by atoms with Gasteiger partial charge in [-0.2, -0.15) is 0 Å². The number of nitrogens with two attached hydrogens (primary N) is 1. The third-order valence-corrected chi connectivity index (χ3v) is 3.12. The van der Waals surface area contributed by atoms with Gasteiger partial charge in [-0.1, -0.05) is 42.5 Å². The zero-order valence-corrected chi connectivity index (χ0v) is 12.1. The van der Waals surface area contributed by atoms with Gasteiger partial charge in [0.05, 0.1) is 11.5 Å². The first kappa shape index (κ1) is 15.5. The van der Waals surface area contributed by atoms with Gasteiger partial charge in [-0.25, -0.2) is 4.99 Å². The van der Waals surface area contributed by atoms with E-state index in [0.29, 0.717) is 19.0 Å². The van der Waals surface area contributed by atoms with Crippen LogP contribution in [0.2, 0.25) is 0 Å². The standard InChI is InChI=1S/C16H18N4O2/c17-16(18-10-9-13-5-2-1-3-6-13)19-12-14-7-4-8-15(11-14)20(21)22/h1-8,11H,9-10,12H2,(H3,17,18,19). The first-order valence-corrected chi connectivity index (χ1v) is 6.96. The van der Waals surface area contributed by atoms with E-state index < -0.39 is 4.92 Å². The second-order valence-corrected chi connectivity index (χ2v) is 4.79. The van der Waals surface area contributed by atoms with Gasteiger partial charge in [0.2, 0.25) is 0 Å². The quantitative estimate of drug-likeness (QED) is 0.370. The molecule has 6 nitrogen and oxygen atoms in total. The van der Waals surface area contributed by atoms with E-state index in [1.165, 1.54) is 17.7 Å². The number of guanidine groups is 1. The van der Waals surface area contributed by atoms with Gasteiger partial charge in [-0.15, -0.1) is 0 Å². The maximum absolute atomic E-state index is 10.7. The molecular formula is C16H18N4O2. The second-order valence-electron chi connectivity index (χ2n) is 4.79. The first-order chi connectivity index (χ1) is 10.6. The van der Waals surface area contributed by atoms with Gasteiger partial charge in [0, 0.05) is 18.7 Å².